The first kappa shape index (κ1) is 12.2. The van der Waals surface area contributed by atoms with Crippen LogP contribution in [0.4, 0.5) is 4.39 Å². The number of rotatable bonds is 4. The van der Waals surface area contributed by atoms with Crippen LogP contribution in [0, 0.1) is 11.7 Å². The zero-order valence-corrected chi connectivity index (χ0v) is 9.64. The van der Waals surface area contributed by atoms with Crippen LogP contribution in [0.5, 0.6) is 0 Å². The second-order valence-corrected chi connectivity index (χ2v) is 4.37. The first-order valence-electron chi connectivity index (χ1n) is 4.92. The van der Waals surface area contributed by atoms with Crippen molar-refractivity contribution < 1.29 is 9.18 Å². The molecule has 0 saturated carbocycles. The van der Waals surface area contributed by atoms with Crippen LogP contribution in [-0.4, -0.2) is 5.78 Å². The summed E-state index contributed by atoms with van der Waals surface area (Å²) in [6.45, 7) is 3.58. The van der Waals surface area contributed by atoms with E-state index < -0.39 is 5.82 Å². The van der Waals surface area contributed by atoms with Crippen molar-refractivity contribution in [3.63, 3.8) is 0 Å². The fourth-order valence-corrected chi connectivity index (χ4v) is 1.84. The molecule has 0 heterocycles. The molecule has 1 aromatic carbocycles. The highest BCUT2D eigenvalue weighted by Crippen LogP contribution is 2.19. The summed E-state index contributed by atoms with van der Waals surface area (Å²) in [6.07, 6.45) is 1.30. The van der Waals surface area contributed by atoms with Crippen LogP contribution in [-0.2, 0) is 11.2 Å². The summed E-state index contributed by atoms with van der Waals surface area (Å²) < 4.78 is 12.9. The Bertz CT molecular complexity index is 363. The predicted octanol–water partition coefficient (Wildman–Crippen LogP) is 3.64. The van der Waals surface area contributed by atoms with Gasteiger partial charge in [-0.25, -0.2) is 4.39 Å². The number of hydrogen-bond donors (Lipinski definition) is 0. The van der Waals surface area contributed by atoms with Crippen molar-refractivity contribution in [1.29, 1.82) is 0 Å². The molecule has 1 rings (SSSR count). The molecule has 0 amide bonds. The maximum Gasteiger partial charge on any atom is 0.141 e. The summed E-state index contributed by atoms with van der Waals surface area (Å²) >= 11 is 5.66. The summed E-state index contributed by atoms with van der Waals surface area (Å²) in [5, 5.41) is 0.141. The third kappa shape index (κ3) is 4.00. The zero-order chi connectivity index (χ0) is 11.4. The molecule has 1 aromatic rings. The Morgan fingerprint density at radius 1 is 1.53 bits per heavy atom. The van der Waals surface area contributed by atoms with Gasteiger partial charge < -0.3 is 4.79 Å². The average molecular weight is 229 g/mol. The van der Waals surface area contributed by atoms with E-state index in [4.69, 9.17) is 11.6 Å². The fourth-order valence-electron chi connectivity index (χ4n) is 1.63. The monoisotopic (exact) mass is 228 g/mol. The van der Waals surface area contributed by atoms with Gasteiger partial charge in [-0.2, -0.15) is 0 Å². The van der Waals surface area contributed by atoms with Gasteiger partial charge in [0.25, 0.3) is 0 Å². The summed E-state index contributed by atoms with van der Waals surface area (Å²) in [6, 6.07) is 4.68. The molecule has 0 saturated heterocycles. The lowest BCUT2D eigenvalue weighted by Gasteiger charge is -2.09. The van der Waals surface area contributed by atoms with Crippen molar-refractivity contribution in [2.45, 2.75) is 26.7 Å². The van der Waals surface area contributed by atoms with Crippen molar-refractivity contribution in [3.05, 3.63) is 34.6 Å². The highest BCUT2D eigenvalue weighted by atomic mass is 35.5. The summed E-state index contributed by atoms with van der Waals surface area (Å²) in [5.74, 6) is 0.0411. The molecule has 0 aromatic heterocycles. The van der Waals surface area contributed by atoms with Gasteiger partial charge in [0.15, 0.2) is 0 Å². The molecule has 0 aliphatic carbocycles. The third-order valence-electron chi connectivity index (χ3n) is 2.20. The molecule has 0 bridgehead atoms. The molecule has 0 radical (unpaired) electrons. The van der Waals surface area contributed by atoms with Gasteiger partial charge in [-0.3, -0.25) is 0 Å². The Morgan fingerprint density at radius 3 is 2.73 bits per heavy atom. The van der Waals surface area contributed by atoms with E-state index in [9.17, 15) is 9.18 Å². The number of Topliss-reactive ketones (excluding diaryl/α,β-unsaturated/α-hetero) is 1. The van der Waals surface area contributed by atoms with E-state index in [0.29, 0.717) is 6.42 Å². The lowest BCUT2D eigenvalue weighted by atomic mass is 9.96. The van der Waals surface area contributed by atoms with Crippen molar-refractivity contribution in [3.8, 4) is 0 Å². The van der Waals surface area contributed by atoms with Gasteiger partial charge in [0.2, 0.25) is 0 Å². The van der Waals surface area contributed by atoms with Gasteiger partial charge in [0, 0.05) is 6.42 Å². The molecule has 0 spiro atoms. The number of hydrogen-bond acceptors (Lipinski definition) is 1. The molecule has 82 valence electrons. The Balaban J connectivity index is 2.64. The van der Waals surface area contributed by atoms with Crippen LogP contribution in [0.2, 0.25) is 5.02 Å². The standard InChI is InChI=1S/C12H14ClFO/c1-8(5-9(2)15)6-10-3-4-12(14)11(13)7-10/h3-4,7-8H,5-6H2,1-2H3. The molecule has 1 atom stereocenters. The Labute approximate surface area is 94.3 Å². The van der Waals surface area contributed by atoms with E-state index in [2.05, 4.69) is 0 Å². The van der Waals surface area contributed by atoms with Crippen LogP contribution >= 0.6 is 11.6 Å². The minimum Gasteiger partial charge on any atom is -0.300 e. The quantitative estimate of drug-likeness (QED) is 0.769. The SMILES string of the molecule is CC(=O)CC(C)Cc1ccc(F)c(Cl)c1. The molecular formula is C12H14ClFO. The maximum atomic E-state index is 12.9. The lowest BCUT2D eigenvalue weighted by molar-refractivity contribution is -0.117. The fraction of sp³-hybridized carbons (Fsp3) is 0.417. The van der Waals surface area contributed by atoms with E-state index in [1.165, 1.54) is 6.07 Å². The molecule has 0 fully saturated rings. The van der Waals surface area contributed by atoms with Gasteiger partial charge in [0.1, 0.15) is 11.6 Å². The molecule has 0 N–H and O–H groups in total. The van der Waals surface area contributed by atoms with Crippen LogP contribution in [0.25, 0.3) is 0 Å². The van der Waals surface area contributed by atoms with Crippen molar-refractivity contribution in [2.24, 2.45) is 5.92 Å². The highest BCUT2D eigenvalue weighted by molar-refractivity contribution is 6.30. The summed E-state index contributed by atoms with van der Waals surface area (Å²) in [5.41, 5.74) is 0.968. The normalized spacial score (nSPS) is 12.5. The molecular weight excluding hydrogens is 215 g/mol. The third-order valence-corrected chi connectivity index (χ3v) is 2.49. The number of halogens is 2. The largest absolute Gasteiger partial charge is 0.300 e. The van der Waals surface area contributed by atoms with Crippen LogP contribution in [0.15, 0.2) is 18.2 Å². The lowest BCUT2D eigenvalue weighted by Crippen LogP contribution is -2.05. The smallest absolute Gasteiger partial charge is 0.141 e. The Kier molecular flexibility index (Phi) is 4.28. The van der Waals surface area contributed by atoms with E-state index in [1.54, 1.807) is 19.1 Å². The van der Waals surface area contributed by atoms with Crippen molar-refractivity contribution in [2.75, 3.05) is 0 Å². The summed E-state index contributed by atoms with van der Waals surface area (Å²) in [7, 11) is 0. The predicted molar refractivity (Wildman–Crippen MR) is 59.6 cm³/mol. The van der Waals surface area contributed by atoms with E-state index in [-0.39, 0.29) is 16.7 Å². The number of carbonyl (C=O) groups is 1. The number of benzene rings is 1. The summed E-state index contributed by atoms with van der Waals surface area (Å²) in [4.78, 5) is 10.9. The van der Waals surface area contributed by atoms with Gasteiger partial charge in [-0.1, -0.05) is 24.6 Å². The first-order chi connectivity index (χ1) is 6.99. The van der Waals surface area contributed by atoms with Gasteiger partial charge in [0.05, 0.1) is 5.02 Å². The maximum absolute atomic E-state index is 12.9. The van der Waals surface area contributed by atoms with Crippen molar-refractivity contribution >= 4 is 17.4 Å². The molecule has 0 aliphatic rings. The Morgan fingerprint density at radius 2 is 2.20 bits per heavy atom. The average Bonchev–Trinajstić information content (AvgIpc) is 2.10. The Hall–Kier alpha value is -0.890. The molecule has 3 heteroatoms. The second-order valence-electron chi connectivity index (χ2n) is 3.96. The minimum atomic E-state index is -0.403. The first-order valence-corrected chi connectivity index (χ1v) is 5.30. The van der Waals surface area contributed by atoms with E-state index in [0.717, 1.165) is 12.0 Å². The van der Waals surface area contributed by atoms with Gasteiger partial charge >= 0.3 is 0 Å². The number of ketones is 1. The highest BCUT2D eigenvalue weighted by Gasteiger charge is 2.08. The minimum absolute atomic E-state index is 0.141. The second kappa shape index (κ2) is 5.26. The zero-order valence-electron chi connectivity index (χ0n) is 8.89. The van der Waals surface area contributed by atoms with Crippen LogP contribution in [0.1, 0.15) is 25.8 Å². The van der Waals surface area contributed by atoms with E-state index >= 15 is 0 Å². The van der Waals surface area contributed by atoms with Crippen molar-refractivity contribution in [1.82, 2.24) is 0 Å². The molecule has 15 heavy (non-hydrogen) atoms. The topological polar surface area (TPSA) is 17.1 Å². The van der Waals surface area contributed by atoms with Gasteiger partial charge in [-0.05, 0) is 37.0 Å². The van der Waals surface area contributed by atoms with Crippen LogP contribution in [0.3, 0.4) is 0 Å². The van der Waals surface area contributed by atoms with E-state index in [1.807, 2.05) is 6.92 Å². The number of carbonyl (C=O) groups excluding carboxylic acids is 1. The molecule has 1 unspecified atom stereocenters. The van der Waals surface area contributed by atoms with Crippen LogP contribution < -0.4 is 0 Å². The molecule has 0 aliphatic heterocycles. The van der Waals surface area contributed by atoms with Gasteiger partial charge in [-0.15, -0.1) is 0 Å². The molecule has 1 nitrogen and oxygen atoms in total.